The minimum atomic E-state index is -0.237. The number of fused-ring (bicyclic) bond motifs is 2. The van der Waals surface area contributed by atoms with E-state index >= 15 is 0 Å². The number of guanidine groups is 1. The number of H-pyrrole nitrogens is 1. The lowest BCUT2D eigenvalue weighted by Gasteiger charge is -2.14. The second-order valence-electron chi connectivity index (χ2n) is 5.07. The minimum absolute atomic E-state index is 0.0175. The maximum Gasteiger partial charge on any atom is 0.197 e. The summed E-state index contributed by atoms with van der Waals surface area (Å²) in [7, 11) is 0. The van der Waals surface area contributed by atoms with E-state index in [1.807, 2.05) is 24.4 Å². The minimum Gasteiger partial charge on any atom is -0.359 e. The van der Waals surface area contributed by atoms with Crippen LogP contribution < -0.4 is 10.6 Å². The van der Waals surface area contributed by atoms with Gasteiger partial charge in [0.25, 0.3) is 0 Å². The first-order valence-corrected chi connectivity index (χ1v) is 7.42. The number of benzene rings is 1. The molecule has 4 rings (SSSR count). The third-order valence-electron chi connectivity index (χ3n) is 3.64. The molecule has 0 fully saturated rings. The topological polar surface area (TPSA) is 52.2 Å². The number of rotatable bonds is 1. The maximum absolute atomic E-state index is 13.2. The molecule has 1 aliphatic heterocycles. The lowest BCUT2D eigenvalue weighted by Crippen LogP contribution is -2.36. The Morgan fingerprint density at radius 3 is 3.14 bits per heavy atom. The van der Waals surface area contributed by atoms with Gasteiger partial charge in [-0.05, 0) is 30.4 Å². The summed E-state index contributed by atoms with van der Waals surface area (Å²) in [5.74, 6) is 0.417. The Bertz CT molecular complexity index is 805. The highest BCUT2D eigenvalue weighted by molar-refractivity contribution is 9.10. The van der Waals surface area contributed by atoms with E-state index in [2.05, 4.69) is 36.5 Å². The lowest BCUT2D eigenvalue weighted by molar-refractivity contribution is 0.612. The first-order valence-electron chi connectivity index (χ1n) is 6.62. The Hall–Kier alpha value is -2.08. The SMILES string of the molecule is FC1=CC2N=C(Nc3c[nH]c4ccc(Br)cc34)NC2C=C1. The Labute approximate surface area is 129 Å². The van der Waals surface area contributed by atoms with Crippen LogP contribution in [0.25, 0.3) is 10.9 Å². The van der Waals surface area contributed by atoms with Crippen molar-refractivity contribution in [2.24, 2.45) is 4.99 Å². The van der Waals surface area contributed by atoms with Crippen LogP contribution in [-0.4, -0.2) is 23.0 Å². The van der Waals surface area contributed by atoms with Crippen LogP contribution >= 0.6 is 15.9 Å². The molecule has 6 heteroatoms. The third-order valence-corrected chi connectivity index (χ3v) is 4.13. The van der Waals surface area contributed by atoms with E-state index < -0.39 is 0 Å². The number of nitrogens with one attached hydrogen (secondary N) is 3. The molecule has 21 heavy (non-hydrogen) atoms. The number of aromatic amines is 1. The number of allylic oxidation sites excluding steroid dienone is 2. The molecular formula is C15H12BrFN4. The van der Waals surface area contributed by atoms with E-state index in [0.29, 0.717) is 5.96 Å². The average Bonchev–Trinajstić information content (AvgIpc) is 3.02. The van der Waals surface area contributed by atoms with Gasteiger partial charge in [-0.15, -0.1) is 0 Å². The monoisotopic (exact) mass is 346 g/mol. The molecule has 2 atom stereocenters. The molecule has 0 saturated carbocycles. The molecule has 2 unspecified atom stereocenters. The molecular weight excluding hydrogens is 335 g/mol. The molecule has 1 aliphatic carbocycles. The van der Waals surface area contributed by atoms with Crippen molar-refractivity contribution >= 4 is 38.5 Å². The standard InChI is InChI=1S/C15H12BrFN4/c16-8-1-3-11-10(5-8)14(7-18-11)21-15-19-12-4-2-9(17)6-13(12)20-15/h1-7,12-13,18H,(H2,19,20,21). The smallest absolute Gasteiger partial charge is 0.197 e. The van der Waals surface area contributed by atoms with Gasteiger partial charge in [-0.3, -0.25) is 0 Å². The number of halogens is 2. The maximum atomic E-state index is 13.2. The number of hydrogen-bond donors (Lipinski definition) is 3. The van der Waals surface area contributed by atoms with E-state index in [-0.39, 0.29) is 17.9 Å². The van der Waals surface area contributed by atoms with Crippen molar-refractivity contribution in [3.63, 3.8) is 0 Å². The molecule has 1 aromatic heterocycles. The van der Waals surface area contributed by atoms with Crippen molar-refractivity contribution in [2.75, 3.05) is 5.32 Å². The normalized spacial score (nSPS) is 23.5. The summed E-state index contributed by atoms with van der Waals surface area (Å²) in [4.78, 5) is 7.67. The molecule has 0 saturated heterocycles. The molecule has 2 aromatic rings. The summed E-state index contributed by atoms with van der Waals surface area (Å²) in [6.45, 7) is 0. The molecule has 0 amide bonds. The van der Waals surface area contributed by atoms with Crippen LogP contribution in [0.2, 0.25) is 0 Å². The zero-order chi connectivity index (χ0) is 14.4. The van der Waals surface area contributed by atoms with Gasteiger partial charge in [-0.1, -0.05) is 22.0 Å². The van der Waals surface area contributed by atoms with Crippen molar-refractivity contribution in [3.8, 4) is 0 Å². The molecule has 0 spiro atoms. The van der Waals surface area contributed by atoms with Gasteiger partial charge >= 0.3 is 0 Å². The molecule has 0 radical (unpaired) electrons. The second-order valence-corrected chi connectivity index (χ2v) is 5.98. The molecule has 106 valence electrons. The van der Waals surface area contributed by atoms with Gasteiger partial charge in [-0.2, -0.15) is 0 Å². The van der Waals surface area contributed by atoms with Gasteiger partial charge in [0.1, 0.15) is 5.83 Å². The van der Waals surface area contributed by atoms with Crippen LogP contribution in [0.4, 0.5) is 10.1 Å². The van der Waals surface area contributed by atoms with Crippen molar-refractivity contribution < 1.29 is 4.39 Å². The summed E-state index contributed by atoms with van der Waals surface area (Å²) in [5.41, 5.74) is 1.98. The van der Waals surface area contributed by atoms with Crippen LogP contribution in [0.15, 0.2) is 57.9 Å². The van der Waals surface area contributed by atoms with Gasteiger partial charge in [0, 0.05) is 21.6 Å². The summed E-state index contributed by atoms with van der Waals surface area (Å²) in [6.07, 6.45) is 6.69. The van der Waals surface area contributed by atoms with Gasteiger partial charge in [0.15, 0.2) is 5.96 Å². The van der Waals surface area contributed by atoms with Gasteiger partial charge in [0.05, 0.1) is 17.8 Å². The Morgan fingerprint density at radius 1 is 1.33 bits per heavy atom. The highest BCUT2D eigenvalue weighted by Gasteiger charge is 2.28. The second kappa shape index (κ2) is 4.73. The van der Waals surface area contributed by atoms with E-state index in [1.165, 1.54) is 12.2 Å². The van der Waals surface area contributed by atoms with Crippen molar-refractivity contribution in [1.29, 1.82) is 0 Å². The summed E-state index contributed by atoms with van der Waals surface area (Å²) < 4.78 is 14.2. The number of aromatic nitrogens is 1. The number of aliphatic imine (C=N–C) groups is 1. The zero-order valence-electron chi connectivity index (χ0n) is 10.9. The molecule has 2 heterocycles. The molecule has 3 N–H and O–H groups in total. The zero-order valence-corrected chi connectivity index (χ0v) is 12.5. The Morgan fingerprint density at radius 2 is 2.24 bits per heavy atom. The van der Waals surface area contributed by atoms with Gasteiger partial charge in [-0.25, -0.2) is 9.38 Å². The van der Waals surface area contributed by atoms with Crippen LogP contribution in [0.3, 0.4) is 0 Å². The van der Waals surface area contributed by atoms with Crippen LogP contribution in [0.1, 0.15) is 0 Å². The lowest BCUT2D eigenvalue weighted by atomic mass is 10.0. The molecule has 2 aliphatic rings. The largest absolute Gasteiger partial charge is 0.359 e. The predicted molar refractivity (Wildman–Crippen MR) is 86.1 cm³/mol. The highest BCUT2D eigenvalue weighted by atomic mass is 79.9. The molecule has 0 bridgehead atoms. The average molecular weight is 347 g/mol. The highest BCUT2D eigenvalue weighted by Crippen LogP contribution is 2.27. The van der Waals surface area contributed by atoms with E-state index in [9.17, 15) is 4.39 Å². The number of nitrogens with zero attached hydrogens (tertiary/aromatic N) is 1. The number of anilines is 1. The summed E-state index contributed by atoms with van der Waals surface area (Å²) in [6, 6.07) is 5.87. The Balaban J connectivity index is 1.63. The van der Waals surface area contributed by atoms with Crippen molar-refractivity contribution in [1.82, 2.24) is 10.3 Å². The molecule has 1 aromatic carbocycles. The fourth-order valence-electron chi connectivity index (χ4n) is 2.62. The van der Waals surface area contributed by atoms with Crippen LogP contribution in [0.5, 0.6) is 0 Å². The number of hydrogen-bond acceptors (Lipinski definition) is 3. The predicted octanol–water partition coefficient (Wildman–Crippen LogP) is 3.46. The quantitative estimate of drug-likeness (QED) is 0.740. The van der Waals surface area contributed by atoms with Crippen molar-refractivity contribution in [2.45, 2.75) is 12.1 Å². The van der Waals surface area contributed by atoms with E-state index in [1.54, 1.807) is 6.08 Å². The van der Waals surface area contributed by atoms with Crippen molar-refractivity contribution in [3.05, 3.63) is 52.9 Å². The van der Waals surface area contributed by atoms with E-state index in [0.717, 1.165) is 21.1 Å². The third kappa shape index (κ3) is 2.25. The van der Waals surface area contributed by atoms with Gasteiger partial charge in [0.2, 0.25) is 0 Å². The van der Waals surface area contributed by atoms with Crippen LogP contribution in [-0.2, 0) is 0 Å². The molecule has 4 nitrogen and oxygen atoms in total. The summed E-state index contributed by atoms with van der Waals surface area (Å²) >= 11 is 3.47. The van der Waals surface area contributed by atoms with Crippen LogP contribution in [0, 0.1) is 0 Å². The van der Waals surface area contributed by atoms with E-state index in [4.69, 9.17) is 0 Å². The Kier molecular flexibility index (Phi) is 2.85. The first kappa shape index (κ1) is 12.6. The fraction of sp³-hybridized carbons (Fsp3) is 0.133. The summed E-state index contributed by atoms with van der Waals surface area (Å²) in [5, 5.41) is 7.58. The first-order chi connectivity index (χ1) is 10.2. The van der Waals surface area contributed by atoms with Gasteiger partial charge < -0.3 is 15.6 Å². The fourth-order valence-corrected chi connectivity index (χ4v) is 2.98.